The first kappa shape index (κ1) is 8.97. The monoisotopic (exact) mass is 183 g/mol. The van der Waals surface area contributed by atoms with Gasteiger partial charge in [0.25, 0.3) is 0 Å². The van der Waals surface area contributed by atoms with Crippen molar-refractivity contribution in [2.24, 2.45) is 0 Å². The Labute approximate surface area is 78.9 Å². The van der Waals surface area contributed by atoms with Gasteiger partial charge in [-0.3, -0.25) is 9.69 Å². The normalized spacial score (nSPS) is 25.8. The van der Waals surface area contributed by atoms with Crippen molar-refractivity contribution in [3.8, 4) is 0 Å². The van der Waals surface area contributed by atoms with Crippen molar-refractivity contribution in [1.82, 2.24) is 15.1 Å². The predicted molar refractivity (Wildman–Crippen MR) is 50.5 cm³/mol. The number of likely N-dealkylation sites (tertiary alicyclic amines) is 1. The highest BCUT2D eigenvalue weighted by Gasteiger charge is 2.33. The lowest BCUT2D eigenvalue weighted by molar-refractivity contribution is -0.136. The van der Waals surface area contributed by atoms with E-state index in [1.54, 1.807) is 6.92 Å². The van der Waals surface area contributed by atoms with Gasteiger partial charge in [-0.1, -0.05) is 0 Å². The fraction of sp³-hybridized carbons (Fsp3) is 0.889. The number of hydrogen-bond donors (Lipinski definition) is 1. The molecule has 0 spiro atoms. The summed E-state index contributed by atoms with van der Waals surface area (Å²) in [7, 11) is 0. The van der Waals surface area contributed by atoms with Crippen LogP contribution in [0, 0.1) is 0 Å². The summed E-state index contributed by atoms with van der Waals surface area (Å²) in [6.45, 7) is 7.98. The third-order valence-electron chi connectivity index (χ3n) is 2.98. The second-order valence-electron chi connectivity index (χ2n) is 3.86. The molecule has 13 heavy (non-hydrogen) atoms. The van der Waals surface area contributed by atoms with Crippen LogP contribution >= 0.6 is 0 Å². The minimum atomic E-state index is 0.214. The zero-order chi connectivity index (χ0) is 9.26. The SMILES string of the molecule is CC(=O)N1CC(N2CCNCC2)C1. The Bertz CT molecular complexity index is 195. The number of nitrogens with one attached hydrogen (secondary N) is 1. The molecule has 4 heteroatoms. The molecule has 2 saturated heterocycles. The van der Waals surface area contributed by atoms with Crippen LogP contribution in [-0.2, 0) is 4.79 Å². The van der Waals surface area contributed by atoms with E-state index in [2.05, 4.69) is 10.2 Å². The lowest BCUT2D eigenvalue weighted by Gasteiger charge is -2.46. The average Bonchev–Trinajstić information content (AvgIpc) is 2.02. The summed E-state index contributed by atoms with van der Waals surface area (Å²) in [5.74, 6) is 0.214. The molecular weight excluding hydrogens is 166 g/mol. The van der Waals surface area contributed by atoms with E-state index >= 15 is 0 Å². The van der Waals surface area contributed by atoms with Crippen molar-refractivity contribution < 1.29 is 4.79 Å². The second-order valence-corrected chi connectivity index (χ2v) is 3.86. The first-order chi connectivity index (χ1) is 6.27. The van der Waals surface area contributed by atoms with Crippen molar-refractivity contribution in [2.75, 3.05) is 39.3 Å². The van der Waals surface area contributed by atoms with Crippen LogP contribution in [0.2, 0.25) is 0 Å². The van der Waals surface area contributed by atoms with Crippen LogP contribution in [0.5, 0.6) is 0 Å². The summed E-state index contributed by atoms with van der Waals surface area (Å²) in [4.78, 5) is 15.3. The van der Waals surface area contributed by atoms with Crippen molar-refractivity contribution >= 4 is 5.91 Å². The summed E-state index contributed by atoms with van der Waals surface area (Å²) in [6, 6.07) is 0.631. The number of hydrogen-bond acceptors (Lipinski definition) is 3. The minimum Gasteiger partial charge on any atom is -0.340 e. The Morgan fingerprint density at radius 3 is 2.46 bits per heavy atom. The molecule has 0 bridgehead atoms. The largest absolute Gasteiger partial charge is 0.340 e. The van der Waals surface area contributed by atoms with Crippen LogP contribution in [-0.4, -0.2) is 61.0 Å². The molecule has 0 unspecified atom stereocenters. The number of rotatable bonds is 1. The summed E-state index contributed by atoms with van der Waals surface area (Å²) in [5.41, 5.74) is 0. The van der Waals surface area contributed by atoms with E-state index in [9.17, 15) is 4.79 Å². The minimum absolute atomic E-state index is 0.214. The molecule has 1 amide bonds. The van der Waals surface area contributed by atoms with E-state index in [0.717, 1.165) is 39.3 Å². The molecule has 0 aliphatic carbocycles. The number of carbonyl (C=O) groups excluding carboxylic acids is 1. The molecular formula is C9H17N3O. The first-order valence-electron chi connectivity index (χ1n) is 4.97. The average molecular weight is 183 g/mol. The molecule has 1 N–H and O–H groups in total. The van der Waals surface area contributed by atoms with Crippen molar-refractivity contribution in [3.05, 3.63) is 0 Å². The highest BCUT2D eigenvalue weighted by atomic mass is 16.2. The highest BCUT2D eigenvalue weighted by Crippen LogP contribution is 2.14. The number of nitrogens with zero attached hydrogens (tertiary/aromatic N) is 2. The molecule has 0 aromatic carbocycles. The van der Waals surface area contributed by atoms with Crippen LogP contribution in [0.3, 0.4) is 0 Å². The lowest BCUT2D eigenvalue weighted by atomic mass is 10.1. The molecule has 2 fully saturated rings. The molecule has 74 valence electrons. The van der Waals surface area contributed by atoms with Gasteiger partial charge < -0.3 is 10.2 Å². The summed E-state index contributed by atoms with van der Waals surface area (Å²) >= 11 is 0. The maximum atomic E-state index is 10.9. The third kappa shape index (κ3) is 1.84. The topological polar surface area (TPSA) is 35.6 Å². The van der Waals surface area contributed by atoms with Crippen LogP contribution in [0.25, 0.3) is 0 Å². The Kier molecular flexibility index (Phi) is 2.51. The maximum Gasteiger partial charge on any atom is 0.219 e. The Balaban J connectivity index is 1.75. The summed E-state index contributed by atoms with van der Waals surface area (Å²) in [6.07, 6.45) is 0. The van der Waals surface area contributed by atoms with E-state index in [0.29, 0.717) is 6.04 Å². The molecule has 0 saturated carbocycles. The van der Waals surface area contributed by atoms with Gasteiger partial charge in [-0.25, -0.2) is 0 Å². The Morgan fingerprint density at radius 2 is 1.92 bits per heavy atom. The second kappa shape index (κ2) is 3.64. The van der Waals surface area contributed by atoms with Gasteiger partial charge in [-0.05, 0) is 0 Å². The van der Waals surface area contributed by atoms with Crippen molar-refractivity contribution in [3.63, 3.8) is 0 Å². The molecule has 4 nitrogen and oxygen atoms in total. The standard InChI is InChI=1S/C9H17N3O/c1-8(13)12-6-9(7-12)11-4-2-10-3-5-11/h9-10H,2-7H2,1H3. The van der Waals surface area contributed by atoms with Gasteiger partial charge in [0.15, 0.2) is 0 Å². The van der Waals surface area contributed by atoms with E-state index in [1.165, 1.54) is 0 Å². The molecule has 0 aromatic rings. The summed E-state index contributed by atoms with van der Waals surface area (Å²) in [5, 5.41) is 3.33. The van der Waals surface area contributed by atoms with Gasteiger partial charge in [-0.15, -0.1) is 0 Å². The zero-order valence-corrected chi connectivity index (χ0v) is 8.12. The van der Waals surface area contributed by atoms with Gasteiger partial charge >= 0.3 is 0 Å². The molecule has 2 heterocycles. The molecule has 2 aliphatic heterocycles. The number of piperazine rings is 1. The molecule has 0 radical (unpaired) electrons. The van der Waals surface area contributed by atoms with Gasteiger partial charge in [0, 0.05) is 52.2 Å². The van der Waals surface area contributed by atoms with Gasteiger partial charge in [-0.2, -0.15) is 0 Å². The smallest absolute Gasteiger partial charge is 0.219 e. The van der Waals surface area contributed by atoms with Gasteiger partial charge in [0.1, 0.15) is 0 Å². The molecule has 0 aromatic heterocycles. The predicted octanol–water partition coefficient (Wildman–Crippen LogP) is -0.878. The number of amides is 1. The lowest BCUT2D eigenvalue weighted by Crippen LogP contribution is -2.63. The summed E-state index contributed by atoms with van der Waals surface area (Å²) < 4.78 is 0. The van der Waals surface area contributed by atoms with E-state index < -0.39 is 0 Å². The van der Waals surface area contributed by atoms with Crippen LogP contribution < -0.4 is 5.32 Å². The van der Waals surface area contributed by atoms with E-state index in [4.69, 9.17) is 0 Å². The van der Waals surface area contributed by atoms with Crippen molar-refractivity contribution in [1.29, 1.82) is 0 Å². The quantitative estimate of drug-likeness (QED) is 0.573. The maximum absolute atomic E-state index is 10.9. The van der Waals surface area contributed by atoms with Gasteiger partial charge in [0.2, 0.25) is 5.91 Å². The first-order valence-corrected chi connectivity index (χ1v) is 4.97. The third-order valence-corrected chi connectivity index (χ3v) is 2.98. The molecule has 2 rings (SSSR count). The van der Waals surface area contributed by atoms with Gasteiger partial charge in [0.05, 0.1) is 0 Å². The van der Waals surface area contributed by atoms with E-state index in [1.807, 2.05) is 4.90 Å². The fourth-order valence-corrected chi connectivity index (χ4v) is 1.99. The van der Waals surface area contributed by atoms with E-state index in [-0.39, 0.29) is 5.91 Å². The fourth-order valence-electron chi connectivity index (χ4n) is 1.99. The van der Waals surface area contributed by atoms with Crippen LogP contribution in [0.15, 0.2) is 0 Å². The van der Waals surface area contributed by atoms with Crippen molar-refractivity contribution in [2.45, 2.75) is 13.0 Å². The molecule has 2 aliphatic rings. The highest BCUT2D eigenvalue weighted by molar-refractivity contribution is 5.74. The van der Waals surface area contributed by atoms with Crippen LogP contribution in [0.1, 0.15) is 6.92 Å². The zero-order valence-electron chi connectivity index (χ0n) is 8.12. The molecule has 0 atom stereocenters. The Morgan fingerprint density at radius 1 is 1.31 bits per heavy atom. The number of carbonyl (C=O) groups is 1. The van der Waals surface area contributed by atoms with Crippen LogP contribution in [0.4, 0.5) is 0 Å². The Hall–Kier alpha value is -0.610.